The molecule has 1 fully saturated rings. The van der Waals surface area contributed by atoms with Gasteiger partial charge in [0.25, 0.3) is 0 Å². The van der Waals surface area contributed by atoms with Gasteiger partial charge in [-0.2, -0.15) is 0 Å². The van der Waals surface area contributed by atoms with Gasteiger partial charge in [0.15, 0.2) is 0 Å². The van der Waals surface area contributed by atoms with Crippen molar-refractivity contribution >= 4 is 11.8 Å². The van der Waals surface area contributed by atoms with Gasteiger partial charge < -0.3 is 10.2 Å². The van der Waals surface area contributed by atoms with E-state index in [1.807, 2.05) is 35.2 Å². The van der Waals surface area contributed by atoms with Crippen LogP contribution in [0.1, 0.15) is 30.4 Å². The largest absolute Gasteiger partial charge is 0.353 e. The second-order valence-corrected chi connectivity index (χ2v) is 7.01. The Morgan fingerprint density at radius 2 is 1.63 bits per heavy atom. The highest BCUT2D eigenvalue weighted by Gasteiger charge is 2.23. The number of halogens is 1. The zero-order valence-corrected chi connectivity index (χ0v) is 15.4. The number of amides is 2. The third-order valence-electron chi connectivity index (χ3n) is 4.96. The van der Waals surface area contributed by atoms with E-state index in [2.05, 4.69) is 5.32 Å². The lowest BCUT2D eigenvalue weighted by atomic mass is 10.0. The first-order valence-electron chi connectivity index (χ1n) is 9.45. The van der Waals surface area contributed by atoms with Gasteiger partial charge in [0.1, 0.15) is 5.82 Å². The van der Waals surface area contributed by atoms with Crippen LogP contribution in [0.5, 0.6) is 0 Å². The van der Waals surface area contributed by atoms with Gasteiger partial charge in [-0.15, -0.1) is 0 Å². The molecule has 1 heterocycles. The van der Waals surface area contributed by atoms with E-state index in [1.165, 1.54) is 17.7 Å². The van der Waals surface area contributed by atoms with Gasteiger partial charge in [0, 0.05) is 25.6 Å². The molecule has 0 aliphatic carbocycles. The van der Waals surface area contributed by atoms with Crippen LogP contribution in [-0.2, 0) is 22.4 Å². The number of carbonyl (C=O) groups excluding carboxylic acids is 2. The van der Waals surface area contributed by atoms with Gasteiger partial charge in [0.05, 0.1) is 6.42 Å². The Hall–Kier alpha value is -2.69. The molecule has 2 aromatic carbocycles. The van der Waals surface area contributed by atoms with Crippen LogP contribution in [0.4, 0.5) is 4.39 Å². The van der Waals surface area contributed by atoms with Crippen molar-refractivity contribution in [2.24, 2.45) is 0 Å². The van der Waals surface area contributed by atoms with Crippen LogP contribution >= 0.6 is 0 Å². The summed E-state index contributed by atoms with van der Waals surface area (Å²) in [5.74, 6) is -0.186. The molecule has 4 nitrogen and oxygen atoms in total. The summed E-state index contributed by atoms with van der Waals surface area (Å²) in [6.07, 6.45) is 3.06. The molecule has 3 rings (SSSR count). The second-order valence-electron chi connectivity index (χ2n) is 7.01. The summed E-state index contributed by atoms with van der Waals surface area (Å²) >= 11 is 0. The van der Waals surface area contributed by atoms with Gasteiger partial charge in [-0.1, -0.05) is 42.5 Å². The standard InChI is InChI=1S/C22H25FN2O2/c23-19-9-6-18(7-10-19)16-21(26)24-20-12-14-25(15-13-20)22(27)11-8-17-4-2-1-3-5-17/h1-7,9-10,20H,8,11-16H2,(H,24,26). The molecule has 1 N–H and O–H groups in total. The lowest BCUT2D eigenvalue weighted by Gasteiger charge is -2.32. The summed E-state index contributed by atoms with van der Waals surface area (Å²) in [6.45, 7) is 1.35. The number of nitrogens with zero attached hydrogens (tertiary/aromatic N) is 1. The minimum absolute atomic E-state index is 0.0598. The molecule has 2 amide bonds. The number of piperidine rings is 1. The van der Waals surface area contributed by atoms with Gasteiger partial charge in [-0.3, -0.25) is 9.59 Å². The summed E-state index contributed by atoms with van der Waals surface area (Å²) < 4.78 is 12.9. The van der Waals surface area contributed by atoms with Crippen LogP contribution in [0.25, 0.3) is 0 Å². The maximum atomic E-state index is 12.9. The maximum absolute atomic E-state index is 12.9. The third-order valence-corrected chi connectivity index (χ3v) is 4.96. The molecule has 27 heavy (non-hydrogen) atoms. The Labute approximate surface area is 159 Å². The summed E-state index contributed by atoms with van der Waals surface area (Å²) in [4.78, 5) is 26.4. The van der Waals surface area contributed by atoms with Crippen LogP contribution in [0, 0.1) is 5.82 Å². The van der Waals surface area contributed by atoms with E-state index in [0.717, 1.165) is 24.8 Å². The number of rotatable bonds is 6. The monoisotopic (exact) mass is 368 g/mol. The first kappa shape index (κ1) is 19.1. The highest BCUT2D eigenvalue weighted by molar-refractivity contribution is 5.79. The maximum Gasteiger partial charge on any atom is 0.224 e. The van der Waals surface area contributed by atoms with E-state index in [9.17, 15) is 14.0 Å². The van der Waals surface area contributed by atoms with Crippen molar-refractivity contribution in [2.75, 3.05) is 13.1 Å². The normalized spacial score (nSPS) is 14.8. The number of benzene rings is 2. The Morgan fingerprint density at radius 3 is 2.30 bits per heavy atom. The molecule has 2 aromatic rings. The zero-order chi connectivity index (χ0) is 19.1. The van der Waals surface area contributed by atoms with Gasteiger partial charge in [-0.25, -0.2) is 4.39 Å². The summed E-state index contributed by atoms with van der Waals surface area (Å²) in [7, 11) is 0. The zero-order valence-electron chi connectivity index (χ0n) is 15.4. The van der Waals surface area contributed by atoms with Crippen molar-refractivity contribution in [1.82, 2.24) is 10.2 Å². The molecule has 0 spiro atoms. The van der Waals surface area contributed by atoms with E-state index < -0.39 is 0 Å². The first-order chi connectivity index (χ1) is 13.1. The quantitative estimate of drug-likeness (QED) is 0.852. The van der Waals surface area contributed by atoms with Crippen molar-refractivity contribution in [2.45, 2.75) is 38.1 Å². The smallest absolute Gasteiger partial charge is 0.224 e. The van der Waals surface area contributed by atoms with E-state index in [-0.39, 0.29) is 30.1 Å². The van der Waals surface area contributed by atoms with Crippen LogP contribution in [-0.4, -0.2) is 35.8 Å². The lowest BCUT2D eigenvalue weighted by Crippen LogP contribution is -2.46. The van der Waals surface area contributed by atoms with E-state index in [4.69, 9.17) is 0 Å². The molecule has 0 aromatic heterocycles. The van der Waals surface area contributed by atoms with Crippen LogP contribution in [0.15, 0.2) is 54.6 Å². The van der Waals surface area contributed by atoms with E-state index in [1.54, 1.807) is 12.1 Å². The van der Waals surface area contributed by atoms with Crippen LogP contribution in [0.2, 0.25) is 0 Å². The molecular formula is C22H25FN2O2. The van der Waals surface area contributed by atoms with E-state index in [0.29, 0.717) is 19.5 Å². The summed E-state index contributed by atoms with van der Waals surface area (Å²) in [5.41, 5.74) is 1.97. The van der Waals surface area contributed by atoms with Crippen molar-refractivity contribution in [3.63, 3.8) is 0 Å². The predicted molar refractivity (Wildman–Crippen MR) is 103 cm³/mol. The first-order valence-corrected chi connectivity index (χ1v) is 9.45. The molecule has 1 saturated heterocycles. The Morgan fingerprint density at radius 1 is 0.963 bits per heavy atom. The molecule has 5 heteroatoms. The molecule has 0 saturated carbocycles. The van der Waals surface area contributed by atoms with Crippen molar-refractivity contribution < 1.29 is 14.0 Å². The highest BCUT2D eigenvalue weighted by Crippen LogP contribution is 2.13. The molecular weight excluding hydrogens is 343 g/mol. The molecule has 1 aliphatic rings. The number of hydrogen-bond acceptors (Lipinski definition) is 2. The van der Waals surface area contributed by atoms with Gasteiger partial charge in [0.2, 0.25) is 11.8 Å². The Bertz CT molecular complexity index is 754. The van der Waals surface area contributed by atoms with Crippen molar-refractivity contribution in [1.29, 1.82) is 0 Å². The predicted octanol–water partition coefficient (Wildman–Crippen LogP) is 3.11. The average Bonchev–Trinajstić information content (AvgIpc) is 2.69. The minimum Gasteiger partial charge on any atom is -0.353 e. The molecule has 0 bridgehead atoms. The molecule has 0 unspecified atom stereocenters. The van der Waals surface area contributed by atoms with Crippen LogP contribution < -0.4 is 5.32 Å². The molecule has 0 atom stereocenters. The van der Waals surface area contributed by atoms with Gasteiger partial charge >= 0.3 is 0 Å². The Balaban J connectivity index is 1.38. The SMILES string of the molecule is O=C(Cc1ccc(F)cc1)NC1CCN(C(=O)CCc2ccccc2)CC1. The van der Waals surface area contributed by atoms with Crippen molar-refractivity contribution in [3.8, 4) is 0 Å². The summed E-state index contributed by atoms with van der Waals surface area (Å²) in [6, 6.07) is 16.1. The van der Waals surface area contributed by atoms with Crippen molar-refractivity contribution in [3.05, 3.63) is 71.5 Å². The number of nitrogens with one attached hydrogen (secondary N) is 1. The third kappa shape index (κ3) is 5.91. The number of carbonyl (C=O) groups is 2. The average molecular weight is 368 g/mol. The fourth-order valence-electron chi connectivity index (χ4n) is 3.39. The number of aryl methyl sites for hydroxylation is 1. The minimum atomic E-state index is -0.302. The number of hydrogen-bond donors (Lipinski definition) is 1. The fraction of sp³-hybridized carbons (Fsp3) is 0.364. The van der Waals surface area contributed by atoms with Crippen LogP contribution in [0.3, 0.4) is 0 Å². The molecule has 142 valence electrons. The van der Waals surface area contributed by atoms with Gasteiger partial charge in [-0.05, 0) is 42.5 Å². The molecule has 0 radical (unpaired) electrons. The highest BCUT2D eigenvalue weighted by atomic mass is 19.1. The number of likely N-dealkylation sites (tertiary alicyclic amines) is 1. The Kier molecular flexibility index (Phi) is 6.58. The second kappa shape index (κ2) is 9.31. The fourth-order valence-corrected chi connectivity index (χ4v) is 3.39. The molecule has 1 aliphatic heterocycles. The van der Waals surface area contributed by atoms with E-state index >= 15 is 0 Å². The lowest BCUT2D eigenvalue weighted by molar-refractivity contribution is -0.132. The topological polar surface area (TPSA) is 49.4 Å². The summed E-state index contributed by atoms with van der Waals surface area (Å²) in [5, 5.41) is 3.03.